The van der Waals surface area contributed by atoms with Crippen molar-refractivity contribution in [2.24, 2.45) is 0 Å². The van der Waals surface area contributed by atoms with Gasteiger partial charge in [0.1, 0.15) is 4.16 Å². The Morgan fingerprint density at radius 2 is 1.88 bits per heavy atom. The Hall–Kier alpha value is -0.870. The lowest BCUT2D eigenvalue weighted by molar-refractivity contribution is 0.598. The Balaban J connectivity index is 2.45. The zero-order valence-corrected chi connectivity index (χ0v) is 10.8. The van der Waals surface area contributed by atoms with Crippen molar-refractivity contribution in [1.82, 2.24) is 0 Å². The van der Waals surface area contributed by atoms with E-state index < -0.39 is 14.0 Å². The number of halogens is 1. The number of alkyl halides is 1. The molecule has 2 aromatic rings. The molecule has 82 valence electrons. The fourth-order valence-corrected chi connectivity index (χ4v) is 4.58. The van der Waals surface area contributed by atoms with Crippen molar-refractivity contribution in [3.63, 3.8) is 0 Å². The Bertz CT molecular complexity index is 676. The molecule has 0 amide bonds. The highest BCUT2D eigenvalue weighted by atomic mass is 79.9. The monoisotopic (exact) mass is 296 g/mol. The predicted molar refractivity (Wildman–Crippen MR) is 67.6 cm³/mol. The third-order valence-corrected chi connectivity index (χ3v) is 6.64. The van der Waals surface area contributed by atoms with Gasteiger partial charge in [-0.2, -0.15) is 0 Å². The van der Waals surface area contributed by atoms with E-state index in [-0.39, 0.29) is 0 Å². The largest absolute Gasteiger partial charge is 0.223 e. The quantitative estimate of drug-likeness (QED) is 0.701. The first-order chi connectivity index (χ1) is 7.60. The minimum atomic E-state index is -3.16. The fraction of sp³-hybridized carbons (Fsp3) is 0.167. The van der Waals surface area contributed by atoms with Crippen LogP contribution in [-0.2, 0) is 16.3 Å². The average molecular weight is 297 g/mol. The van der Waals surface area contributed by atoms with Crippen LogP contribution in [0.25, 0.3) is 10.8 Å². The predicted octanol–water partition coefficient (Wildman–Crippen LogP) is 2.89. The van der Waals surface area contributed by atoms with Gasteiger partial charge in [0.15, 0.2) is 9.84 Å². The topological polar surface area (TPSA) is 34.1 Å². The van der Waals surface area contributed by atoms with Gasteiger partial charge in [0.05, 0.1) is 4.90 Å². The fourth-order valence-electron chi connectivity index (χ4n) is 2.20. The van der Waals surface area contributed by atoms with Gasteiger partial charge in [0, 0.05) is 6.42 Å². The maximum Gasteiger partial charge on any atom is 0.191 e. The highest BCUT2D eigenvalue weighted by Crippen LogP contribution is 2.38. The lowest BCUT2D eigenvalue weighted by Crippen LogP contribution is -2.07. The van der Waals surface area contributed by atoms with E-state index >= 15 is 0 Å². The molecule has 2 aromatic carbocycles. The van der Waals surface area contributed by atoms with Gasteiger partial charge in [0.2, 0.25) is 0 Å². The summed E-state index contributed by atoms with van der Waals surface area (Å²) in [5.41, 5.74) is 0.944. The zero-order chi connectivity index (χ0) is 11.3. The summed E-state index contributed by atoms with van der Waals surface area (Å²) in [7, 11) is -3.16. The molecule has 1 heterocycles. The van der Waals surface area contributed by atoms with Crippen LogP contribution in [0.4, 0.5) is 0 Å². The molecule has 4 heteroatoms. The molecule has 1 aliphatic rings. The van der Waals surface area contributed by atoms with Crippen molar-refractivity contribution in [1.29, 1.82) is 0 Å². The van der Waals surface area contributed by atoms with Gasteiger partial charge in [0.25, 0.3) is 0 Å². The minimum Gasteiger partial charge on any atom is -0.223 e. The van der Waals surface area contributed by atoms with Crippen LogP contribution in [-0.4, -0.2) is 12.6 Å². The second kappa shape index (κ2) is 3.31. The van der Waals surface area contributed by atoms with Gasteiger partial charge in [-0.1, -0.05) is 46.3 Å². The minimum absolute atomic E-state index is 0.471. The summed E-state index contributed by atoms with van der Waals surface area (Å²) in [6.07, 6.45) is 0.555. The maximum atomic E-state index is 12.0. The van der Waals surface area contributed by atoms with Crippen LogP contribution in [0.5, 0.6) is 0 Å². The van der Waals surface area contributed by atoms with Crippen molar-refractivity contribution >= 4 is 36.5 Å². The number of hydrogen-bond donors (Lipinski definition) is 0. The molecule has 0 aromatic heterocycles. The van der Waals surface area contributed by atoms with Gasteiger partial charge in [-0.3, -0.25) is 0 Å². The number of fused-ring (bicyclic) bond motifs is 3. The highest BCUT2D eigenvalue weighted by Gasteiger charge is 2.35. The summed E-state index contributed by atoms with van der Waals surface area (Å²) >= 11 is 3.24. The first kappa shape index (κ1) is 10.3. The van der Waals surface area contributed by atoms with Crippen molar-refractivity contribution in [3.8, 4) is 0 Å². The Kier molecular flexibility index (Phi) is 2.13. The highest BCUT2D eigenvalue weighted by molar-refractivity contribution is 9.11. The van der Waals surface area contributed by atoms with Crippen molar-refractivity contribution < 1.29 is 8.42 Å². The maximum absolute atomic E-state index is 12.0. The van der Waals surface area contributed by atoms with Gasteiger partial charge in [-0.15, -0.1) is 0 Å². The number of sulfone groups is 1. The van der Waals surface area contributed by atoms with E-state index in [9.17, 15) is 8.42 Å². The number of rotatable bonds is 0. The number of benzene rings is 2. The molecular weight excluding hydrogens is 288 g/mol. The normalized spacial score (nSPS) is 22.2. The lowest BCUT2D eigenvalue weighted by atomic mass is 10.0. The zero-order valence-electron chi connectivity index (χ0n) is 8.35. The molecule has 0 saturated heterocycles. The number of hydrogen-bond acceptors (Lipinski definition) is 2. The summed E-state index contributed by atoms with van der Waals surface area (Å²) in [5.74, 6) is 0. The third-order valence-electron chi connectivity index (χ3n) is 3.01. The van der Waals surface area contributed by atoms with Crippen molar-refractivity contribution in [2.75, 3.05) is 0 Å². The SMILES string of the molecule is O=S1(=O)c2ccc3ccccc3c2CC1Br. The summed E-state index contributed by atoms with van der Waals surface area (Å²) < 4.78 is 23.5. The van der Waals surface area contributed by atoms with Gasteiger partial charge in [-0.05, 0) is 22.4 Å². The molecule has 3 rings (SSSR count). The molecule has 0 saturated carbocycles. The van der Waals surface area contributed by atoms with E-state index in [1.165, 1.54) is 0 Å². The van der Waals surface area contributed by atoms with Crippen LogP contribution in [0.3, 0.4) is 0 Å². The first-order valence-electron chi connectivity index (χ1n) is 4.99. The second-order valence-electron chi connectivity index (χ2n) is 3.92. The van der Waals surface area contributed by atoms with E-state index in [1.54, 1.807) is 6.07 Å². The molecule has 0 fully saturated rings. The summed E-state index contributed by atoms with van der Waals surface area (Å²) in [6.45, 7) is 0. The van der Waals surface area contributed by atoms with Crippen LogP contribution in [0.2, 0.25) is 0 Å². The van der Waals surface area contributed by atoms with E-state index in [4.69, 9.17) is 0 Å². The van der Waals surface area contributed by atoms with Crippen LogP contribution in [0, 0.1) is 0 Å². The van der Waals surface area contributed by atoms with Crippen LogP contribution in [0.15, 0.2) is 41.3 Å². The Labute approximate surface area is 102 Å². The van der Waals surface area contributed by atoms with E-state index in [0.29, 0.717) is 11.3 Å². The van der Waals surface area contributed by atoms with Gasteiger partial charge < -0.3 is 0 Å². The molecule has 1 atom stereocenters. The molecule has 2 nitrogen and oxygen atoms in total. The Morgan fingerprint density at radius 1 is 1.12 bits per heavy atom. The summed E-state index contributed by atoms with van der Waals surface area (Å²) in [4.78, 5) is 0.480. The van der Waals surface area contributed by atoms with Crippen molar-refractivity contribution in [2.45, 2.75) is 15.5 Å². The molecule has 0 spiro atoms. The van der Waals surface area contributed by atoms with E-state index in [0.717, 1.165) is 16.3 Å². The van der Waals surface area contributed by atoms with Crippen LogP contribution < -0.4 is 0 Å². The molecule has 0 radical (unpaired) electrons. The van der Waals surface area contributed by atoms with Crippen LogP contribution in [0.1, 0.15) is 5.56 Å². The lowest BCUT2D eigenvalue weighted by Gasteiger charge is -2.03. The molecular formula is C12H9BrO2S. The smallest absolute Gasteiger partial charge is 0.191 e. The molecule has 16 heavy (non-hydrogen) atoms. The standard InChI is InChI=1S/C12H9BrO2S/c13-12-7-10-9-4-2-1-3-8(9)5-6-11(10)16(12,14)15/h1-6,12H,7H2. The first-order valence-corrected chi connectivity index (χ1v) is 7.45. The van der Waals surface area contributed by atoms with Gasteiger partial charge >= 0.3 is 0 Å². The van der Waals surface area contributed by atoms with Gasteiger partial charge in [-0.25, -0.2) is 8.42 Å². The summed E-state index contributed by atoms with van der Waals surface area (Å²) in [6, 6.07) is 11.5. The van der Waals surface area contributed by atoms with Crippen LogP contribution >= 0.6 is 15.9 Å². The van der Waals surface area contributed by atoms with Crippen molar-refractivity contribution in [3.05, 3.63) is 42.0 Å². The molecule has 1 aliphatic heterocycles. The molecule has 0 bridgehead atoms. The molecule has 0 N–H and O–H groups in total. The summed E-state index contributed by atoms with van der Waals surface area (Å²) in [5, 5.41) is 2.14. The van der Waals surface area contributed by atoms with E-state index in [1.807, 2.05) is 30.3 Å². The molecule has 0 aliphatic carbocycles. The third kappa shape index (κ3) is 1.26. The average Bonchev–Trinajstić information content (AvgIpc) is 2.51. The molecule has 1 unspecified atom stereocenters. The van der Waals surface area contributed by atoms with E-state index in [2.05, 4.69) is 15.9 Å². The second-order valence-corrected chi connectivity index (χ2v) is 7.73. The Morgan fingerprint density at radius 3 is 2.69 bits per heavy atom.